The standard InChI is InChI=1S/C28H32ClN3O3S/c1-22-6-5-7-26(18-22)32(36(34,35)27-14-12-25(29)13-15-27)21-28(33)30-19-23-8-10-24(11-9-23)20-31-16-3-2-4-17-31/h5-15,18H,2-4,16-17,19-21H2,1H3,(H,30,33). The lowest BCUT2D eigenvalue weighted by Gasteiger charge is -2.26. The SMILES string of the molecule is Cc1cccc(N(CC(=O)NCc2ccc(CN3CCCCC3)cc2)S(=O)(=O)c2ccc(Cl)cc2)c1. The summed E-state index contributed by atoms with van der Waals surface area (Å²) in [4.78, 5) is 15.4. The van der Waals surface area contributed by atoms with Gasteiger partial charge in [0.2, 0.25) is 5.91 Å². The van der Waals surface area contributed by atoms with Crippen molar-refractivity contribution in [2.45, 2.75) is 44.2 Å². The van der Waals surface area contributed by atoms with E-state index in [1.165, 1.54) is 49.1 Å². The Morgan fingerprint density at radius 1 is 0.944 bits per heavy atom. The van der Waals surface area contributed by atoms with E-state index in [4.69, 9.17) is 11.6 Å². The van der Waals surface area contributed by atoms with Crippen molar-refractivity contribution in [2.75, 3.05) is 23.9 Å². The molecule has 1 fully saturated rings. The van der Waals surface area contributed by atoms with E-state index in [-0.39, 0.29) is 17.3 Å². The number of sulfonamides is 1. The molecule has 8 heteroatoms. The Balaban J connectivity index is 1.43. The molecule has 4 rings (SSSR count). The minimum atomic E-state index is -3.98. The maximum absolute atomic E-state index is 13.5. The Labute approximate surface area is 218 Å². The number of benzene rings is 3. The van der Waals surface area contributed by atoms with E-state index in [2.05, 4.69) is 22.3 Å². The molecule has 0 bridgehead atoms. The number of anilines is 1. The molecule has 1 saturated heterocycles. The summed E-state index contributed by atoms with van der Waals surface area (Å²) in [6.07, 6.45) is 3.84. The Morgan fingerprint density at radius 2 is 1.61 bits per heavy atom. The van der Waals surface area contributed by atoms with Crippen molar-refractivity contribution in [3.63, 3.8) is 0 Å². The van der Waals surface area contributed by atoms with Gasteiger partial charge in [-0.25, -0.2) is 8.42 Å². The molecule has 0 aliphatic carbocycles. The molecular weight excluding hydrogens is 494 g/mol. The Kier molecular flexibility index (Phi) is 8.67. The molecule has 36 heavy (non-hydrogen) atoms. The number of aryl methyl sites for hydroxylation is 1. The first-order chi connectivity index (χ1) is 17.3. The van der Waals surface area contributed by atoms with Crippen LogP contribution in [0.3, 0.4) is 0 Å². The highest BCUT2D eigenvalue weighted by Crippen LogP contribution is 2.25. The van der Waals surface area contributed by atoms with Gasteiger partial charge in [0.15, 0.2) is 0 Å². The van der Waals surface area contributed by atoms with Gasteiger partial charge in [0.25, 0.3) is 10.0 Å². The highest BCUT2D eigenvalue weighted by Gasteiger charge is 2.27. The summed E-state index contributed by atoms with van der Waals surface area (Å²) in [5.41, 5.74) is 3.55. The van der Waals surface area contributed by atoms with Crippen LogP contribution in [0.1, 0.15) is 36.0 Å². The molecule has 1 N–H and O–H groups in total. The first-order valence-corrected chi connectivity index (χ1v) is 14.0. The van der Waals surface area contributed by atoms with Crippen molar-refractivity contribution < 1.29 is 13.2 Å². The van der Waals surface area contributed by atoms with E-state index in [0.29, 0.717) is 17.3 Å². The van der Waals surface area contributed by atoms with Crippen LogP contribution in [0.5, 0.6) is 0 Å². The Morgan fingerprint density at radius 3 is 2.28 bits per heavy atom. The lowest BCUT2D eigenvalue weighted by atomic mass is 10.1. The van der Waals surface area contributed by atoms with E-state index in [9.17, 15) is 13.2 Å². The van der Waals surface area contributed by atoms with Crippen LogP contribution in [0, 0.1) is 6.92 Å². The fraction of sp³-hybridized carbons (Fsp3) is 0.321. The molecule has 0 saturated carbocycles. The maximum Gasteiger partial charge on any atom is 0.264 e. The number of carbonyl (C=O) groups is 1. The number of rotatable bonds is 9. The van der Waals surface area contributed by atoms with Gasteiger partial charge in [0.1, 0.15) is 6.54 Å². The largest absolute Gasteiger partial charge is 0.350 e. The van der Waals surface area contributed by atoms with E-state index in [0.717, 1.165) is 35.1 Å². The molecule has 1 heterocycles. The van der Waals surface area contributed by atoms with Crippen LogP contribution in [0.25, 0.3) is 0 Å². The first-order valence-electron chi connectivity index (χ1n) is 12.2. The van der Waals surface area contributed by atoms with Crippen molar-refractivity contribution in [1.82, 2.24) is 10.2 Å². The highest BCUT2D eigenvalue weighted by atomic mass is 35.5. The zero-order chi connectivity index (χ0) is 25.5. The second-order valence-corrected chi connectivity index (χ2v) is 11.5. The van der Waals surface area contributed by atoms with Crippen LogP contribution >= 0.6 is 11.6 Å². The predicted molar refractivity (Wildman–Crippen MR) is 145 cm³/mol. The number of amides is 1. The summed E-state index contributed by atoms with van der Waals surface area (Å²) < 4.78 is 28.1. The Hall–Kier alpha value is -2.87. The average Bonchev–Trinajstić information content (AvgIpc) is 2.87. The number of piperidine rings is 1. The molecule has 190 valence electrons. The fourth-order valence-electron chi connectivity index (χ4n) is 4.36. The summed E-state index contributed by atoms with van der Waals surface area (Å²) in [5, 5.41) is 3.31. The van der Waals surface area contributed by atoms with Crippen molar-refractivity contribution in [3.05, 3.63) is 94.5 Å². The molecule has 1 amide bonds. The molecule has 0 atom stereocenters. The molecule has 0 aromatic heterocycles. The van der Waals surface area contributed by atoms with Crippen LogP contribution < -0.4 is 9.62 Å². The summed E-state index contributed by atoms with van der Waals surface area (Å²) in [7, 11) is -3.98. The predicted octanol–water partition coefficient (Wildman–Crippen LogP) is 5.15. The van der Waals surface area contributed by atoms with Gasteiger partial charge in [-0.2, -0.15) is 0 Å². The lowest BCUT2D eigenvalue weighted by molar-refractivity contribution is -0.119. The molecule has 3 aromatic rings. The topological polar surface area (TPSA) is 69.7 Å². The quantitative estimate of drug-likeness (QED) is 0.419. The average molecular weight is 526 g/mol. The van der Waals surface area contributed by atoms with Crippen molar-refractivity contribution in [2.24, 2.45) is 0 Å². The van der Waals surface area contributed by atoms with E-state index in [1.807, 2.05) is 25.1 Å². The summed E-state index contributed by atoms with van der Waals surface area (Å²) in [6, 6.07) is 21.3. The van der Waals surface area contributed by atoms with Crippen molar-refractivity contribution >= 4 is 33.2 Å². The number of nitrogens with zero attached hydrogens (tertiary/aromatic N) is 2. The zero-order valence-corrected chi connectivity index (χ0v) is 22.1. The van der Waals surface area contributed by atoms with Gasteiger partial charge in [-0.3, -0.25) is 14.0 Å². The fourth-order valence-corrected chi connectivity index (χ4v) is 5.90. The van der Waals surface area contributed by atoms with Gasteiger partial charge < -0.3 is 5.32 Å². The summed E-state index contributed by atoms with van der Waals surface area (Å²) in [6.45, 7) is 5.11. The summed E-state index contributed by atoms with van der Waals surface area (Å²) in [5.74, 6) is -0.383. The van der Waals surface area contributed by atoms with Crippen LogP contribution in [0.15, 0.2) is 77.7 Å². The molecular formula is C28H32ClN3O3S. The van der Waals surface area contributed by atoms with Gasteiger partial charge in [-0.15, -0.1) is 0 Å². The van der Waals surface area contributed by atoms with Gasteiger partial charge in [0, 0.05) is 18.1 Å². The normalized spacial score (nSPS) is 14.4. The van der Waals surface area contributed by atoms with Crippen LogP contribution in [-0.4, -0.2) is 38.9 Å². The molecule has 0 unspecified atom stereocenters. The van der Waals surface area contributed by atoms with Gasteiger partial charge >= 0.3 is 0 Å². The third kappa shape index (κ3) is 6.87. The highest BCUT2D eigenvalue weighted by molar-refractivity contribution is 7.92. The minimum absolute atomic E-state index is 0.0745. The molecule has 0 radical (unpaired) electrons. The second-order valence-electron chi connectivity index (χ2n) is 9.23. The van der Waals surface area contributed by atoms with E-state index < -0.39 is 10.0 Å². The third-order valence-corrected chi connectivity index (χ3v) is 8.39. The van der Waals surface area contributed by atoms with Crippen LogP contribution in [-0.2, 0) is 27.9 Å². The molecule has 1 aliphatic rings. The summed E-state index contributed by atoms with van der Waals surface area (Å²) >= 11 is 5.95. The van der Waals surface area contributed by atoms with E-state index >= 15 is 0 Å². The minimum Gasteiger partial charge on any atom is -0.350 e. The number of carbonyl (C=O) groups excluding carboxylic acids is 1. The monoisotopic (exact) mass is 525 g/mol. The maximum atomic E-state index is 13.5. The smallest absolute Gasteiger partial charge is 0.264 e. The van der Waals surface area contributed by atoms with Crippen LogP contribution in [0.4, 0.5) is 5.69 Å². The molecule has 6 nitrogen and oxygen atoms in total. The van der Waals surface area contributed by atoms with Gasteiger partial charge in [0.05, 0.1) is 10.6 Å². The number of hydrogen-bond donors (Lipinski definition) is 1. The van der Waals surface area contributed by atoms with E-state index in [1.54, 1.807) is 18.2 Å². The molecule has 3 aromatic carbocycles. The third-order valence-electron chi connectivity index (χ3n) is 6.35. The van der Waals surface area contributed by atoms with Crippen LogP contribution in [0.2, 0.25) is 5.02 Å². The van der Waals surface area contributed by atoms with Gasteiger partial charge in [-0.1, -0.05) is 54.4 Å². The number of nitrogens with one attached hydrogen (secondary N) is 1. The number of likely N-dealkylation sites (tertiary alicyclic amines) is 1. The second kappa shape index (κ2) is 11.9. The number of hydrogen-bond acceptors (Lipinski definition) is 4. The number of halogens is 1. The van der Waals surface area contributed by atoms with Crippen molar-refractivity contribution in [1.29, 1.82) is 0 Å². The lowest BCUT2D eigenvalue weighted by Crippen LogP contribution is -2.40. The molecule has 1 aliphatic heterocycles. The van der Waals surface area contributed by atoms with Gasteiger partial charge in [-0.05, 0) is 85.9 Å². The van der Waals surface area contributed by atoms with Crippen molar-refractivity contribution in [3.8, 4) is 0 Å². The first kappa shape index (κ1) is 26.2. The Bertz CT molecular complexity index is 1270. The zero-order valence-electron chi connectivity index (χ0n) is 20.5. The molecule has 0 spiro atoms.